The first-order chi connectivity index (χ1) is 15.2. The van der Waals surface area contributed by atoms with Crippen LogP contribution in [0.15, 0.2) is 101 Å². The highest BCUT2D eigenvalue weighted by molar-refractivity contribution is 7.98. The highest BCUT2D eigenvalue weighted by Crippen LogP contribution is 2.30. The molecule has 2 aromatic heterocycles. The van der Waals surface area contributed by atoms with E-state index in [1.54, 1.807) is 10.6 Å². The van der Waals surface area contributed by atoms with Crippen LogP contribution in [0.5, 0.6) is 0 Å². The van der Waals surface area contributed by atoms with E-state index in [0.717, 1.165) is 22.4 Å². The van der Waals surface area contributed by atoms with E-state index in [-0.39, 0.29) is 11.4 Å². The molecule has 0 spiro atoms. The van der Waals surface area contributed by atoms with E-state index < -0.39 is 0 Å². The third-order valence-electron chi connectivity index (χ3n) is 5.02. The van der Waals surface area contributed by atoms with Gasteiger partial charge in [0.2, 0.25) is 0 Å². The number of aromatic nitrogens is 3. The molecule has 2 heterocycles. The number of rotatable bonds is 5. The Labute approximate surface area is 182 Å². The molecule has 0 saturated carbocycles. The zero-order valence-electron chi connectivity index (χ0n) is 16.5. The lowest BCUT2D eigenvalue weighted by Gasteiger charge is -2.12. The van der Waals surface area contributed by atoms with Gasteiger partial charge in [-0.3, -0.25) is 9.36 Å². The SMILES string of the molecule is O=c1c2[nH]cc(-c3ccccc3)c2nc(SCc2cccc(F)c2)n1-c1ccccc1. The van der Waals surface area contributed by atoms with Gasteiger partial charge in [0.1, 0.15) is 16.9 Å². The summed E-state index contributed by atoms with van der Waals surface area (Å²) in [4.78, 5) is 21.5. The number of benzene rings is 3. The highest BCUT2D eigenvalue weighted by atomic mass is 32.2. The summed E-state index contributed by atoms with van der Waals surface area (Å²) in [5, 5.41) is 0.560. The van der Waals surface area contributed by atoms with Gasteiger partial charge in [-0.05, 0) is 35.4 Å². The van der Waals surface area contributed by atoms with Crippen LogP contribution in [0, 0.1) is 5.82 Å². The van der Waals surface area contributed by atoms with Crippen molar-refractivity contribution in [2.45, 2.75) is 10.9 Å². The molecular weight excluding hydrogens is 409 g/mol. The second-order valence-electron chi connectivity index (χ2n) is 7.08. The maximum absolute atomic E-state index is 13.6. The van der Waals surface area contributed by atoms with Crippen LogP contribution in [0.1, 0.15) is 5.56 Å². The Bertz CT molecular complexity index is 1410. The quantitative estimate of drug-likeness (QED) is 0.284. The zero-order chi connectivity index (χ0) is 21.2. The van der Waals surface area contributed by atoms with Gasteiger partial charge in [-0.1, -0.05) is 72.4 Å². The van der Waals surface area contributed by atoms with Crippen molar-refractivity contribution in [3.05, 3.63) is 113 Å². The molecule has 0 saturated heterocycles. The first-order valence-corrected chi connectivity index (χ1v) is 10.8. The van der Waals surface area contributed by atoms with E-state index in [4.69, 9.17) is 4.98 Å². The van der Waals surface area contributed by atoms with Crippen LogP contribution in [-0.2, 0) is 5.75 Å². The molecule has 0 aliphatic heterocycles. The number of fused-ring (bicyclic) bond motifs is 1. The standard InChI is InChI=1S/C25H18FN3OS/c26-19-11-7-8-17(14-19)16-31-25-28-22-21(18-9-3-1-4-10-18)15-27-23(22)24(30)29(25)20-12-5-2-6-13-20/h1-15,27H,16H2. The van der Waals surface area contributed by atoms with E-state index in [1.165, 1.54) is 23.9 Å². The van der Waals surface area contributed by atoms with Crippen LogP contribution in [0.4, 0.5) is 4.39 Å². The van der Waals surface area contributed by atoms with E-state index in [9.17, 15) is 9.18 Å². The van der Waals surface area contributed by atoms with Gasteiger partial charge < -0.3 is 4.98 Å². The van der Waals surface area contributed by atoms with Crippen molar-refractivity contribution in [1.29, 1.82) is 0 Å². The van der Waals surface area contributed by atoms with Gasteiger partial charge in [-0.25, -0.2) is 9.37 Å². The lowest BCUT2D eigenvalue weighted by Crippen LogP contribution is -2.21. The van der Waals surface area contributed by atoms with Crippen molar-refractivity contribution in [3.63, 3.8) is 0 Å². The Balaban J connectivity index is 1.67. The van der Waals surface area contributed by atoms with E-state index in [0.29, 0.717) is 21.9 Å². The number of nitrogens with one attached hydrogen (secondary N) is 1. The fraction of sp³-hybridized carbons (Fsp3) is 0.0400. The molecule has 4 nitrogen and oxygen atoms in total. The minimum Gasteiger partial charge on any atom is -0.355 e. The topological polar surface area (TPSA) is 50.7 Å². The second kappa shape index (κ2) is 8.24. The molecule has 0 fully saturated rings. The van der Waals surface area contributed by atoms with Crippen molar-refractivity contribution in [2.75, 3.05) is 0 Å². The summed E-state index contributed by atoms with van der Waals surface area (Å²) < 4.78 is 15.2. The molecule has 0 unspecified atom stereocenters. The Morgan fingerprint density at radius 3 is 2.42 bits per heavy atom. The molecule has 0 amide bonds. The minimum absolute atomic E-state index is 0.167. The molecule has 0 aliphatic rings. The number of nitrogens with zero attached hydrogens (tertiary/aromatic N) is 2. The summed E-state index contributed by atoms with van der Waals surface area (Å²) >= 11 is 1.41. The average molecular weight is 428 g/mol. The largest absolute Gasteiger partial charge is 0.355 e. The Hall–Kier alpha value is -3.64. The van der Waals surface area contributed by atoms with Crippen LogP contribution < -0.4 is 5.56 Å². The number of hydrogen-bond donors (Lipinski definition) is 1. The summed E-state index contributed by atoms with van der Waals surface area (Å²) in [7, 11) is 0. The normalized spacial score (nSPS) is 11.1. The monoisotopic (exact) mass is 427 g/mol. The Morgan fingerprint density at radius 2 is 1.68 bits per heavy atom. The predicted octanol–water partition coefficient (Wildman–Crippen LogP) is 5.81. The zero-order valence-corrected chi connectivity index (χ0v) is 17.3. The van der Waals surface area contributed by atoms with Gasteiger partial charge in [-0.15, -0.1) is 0 Å². The molecule has 5 rings (SSSR count). The Kier molecular flexibility index (Phi) is 5.14. The molecule has 1 N–H and O–H groups in total. The van der Waals surface area contributed by atoms with E-state index >= 15 is 0 Å². The number of para-hydroxylation sites is 1. The van der Waals surface area contributed by atoms with Crippen molar-refractivity contribution in [3.8, 4) is 16.8 Å². The Morgan fingerprint density at radius 1 is 0.935 bits per heavy atom. The fourth-order valence-electron chi connectivity index (χ4n) is 3.55. The number of hydrogen-bond acceptors (Lipinski definition) is 3. The molecule has 3 aromatic carbocycles. The average Bonchev–Trinajstić information content (AvgIpc) is 3.23. The maximum Gasteiger partial charge on any atom is 0.283 e. The van der Waals surface area contributed by atoms with E-state index in [1.807, 2.05) is 72.9 Å². The molecule has 0 bridgehead atoms. The van der Waals surface area contributed by atoms with Crippen LogP contribution >= 0.6 is 11.8 Å². The summed E-state index contributed by atoms with van der Waals surface area (Å²) in [6.45, 7) is 0. The van der Waals surface area contributed by atoms with Gasteiger partial charge >= 0.3 is 0 Å². The lowest BCUT2D eigenvalue weighted by molar-refractivity contribution is 0.626. The molecule has 31 heavy (non-hydrogen) atoms. The van der Waals surface area contributed by atoms with Crippen LogP contribution in [0.3, 0.4) is 0 Å². The first-order valence-electron chi connectivity index (χ1n) is 9.83. The van der Waals surface area contributed by atoms with Gasteiger partial charge in [0.05, 0.1) is 5.69 Å². The third kappa shape index (κ3) is 3.78. The molecule has 0 aliphatic carbocycles. The smallest absolute Gasteiger partial charge is 0.283 e. The predicted molar refractivity (Wildman–Crippen MR) is 123 cm³/mol. The number of halogens is 1. The first kappa shape index (κ1) is 19.3. The highest BCUT2D eigenvalue weighted by Gasteiger charge is 2.18. The van der Waals surface area contributed by atoms with Crippen molar-refractivity contribution in [1.82, 2.24) is 14.5 Å². The number of H-pyrrole nitrogens is 1. The number of thioether (sulfide) groups is 1. The van der Waals surface area contributed by atoms with E-state index in [2.05, 4.69) is 4.98 Å². The van der Waals surface area contributed by atoms with Crippen molar-refractivity contribution in [2.24, 2.45) is 0 Å². The summed E-state index contributed by atoms with van der Waals surface area (Å²) in [6.07, 6.45) is 1.82. The summed E-state index contributed by atoms with van der Waals surface area (Å²) in [6, 6.07) is 25.8. The lowest BCUT2D eigenvalue weighted by atomic mass is 10.1. The van der Waals surface area contributed by atoms with Gasteiger partial charge in [0.25, 0.3) is 5.56 Å². The van der Waals surface area contributed by atoms with Crippen LogP contribution in [0.2, 0.25) is 0 Å². The van der Waals surface area contributed by atoms with Gasteiger partial charge in [0, 0.05) is 17.5 Å². The van der Waals surface area contributed by atoms with Crippen molar-refractivity contribution >= 4 is 22.8 Å². The van der Waals surface area contributed by atoms with Crippen LogP contribution in [0.25, 0.3) is 27.8 Å². The maximum atomic E-state index is 13.6. The number of aromatic amines is 1. The molecule has 152 valence electrons. The van der Waals surface area contributed by atoms with Crippen molar-refractivity contribution < 1.29 is 4.39 Å². The van der Waals surface area contributed by atoms with Gasteiger partial charge in [-0.2, -0.15) is 0 Å². The van der Waals surface area contributed by atoms with Gasteiger partial charge in [0.15, 0.2) is 5.16 Å². The summed E-state index contributed by atoms with van der Waals surface area (Å²) in [5.41, 5.74) is 4.35. The molecule has 6 heteroatoms. The summed E-state index contributed by atoms with van der Waals surface area (Å²) in [5.74, 6) is 0.215. The molecule has 0 radical (unpaired) electrons. The molecular formula is C25H18FN3OS. The molecule has 0 atom stereocenters. The van der Waals surface area contributed by atoms with Crippen LogP contribution in [-0.4, -0.2) is 14.5 Å². The molecule has 5 aromatic rings. The second-order valence-corrected chi connectivity index (χ2v) is 8.02. The third-order valence-corrected chi connectivity index (χ3v) is 6.03. The minimum atomic E-state index is -0.279. The fourth-order valence-corrected chi connectivity index (χ4v) is 4.50.